The topological polar surface area (TPSA) is 69.0 Å². The summed E-state index contributed by atoms with van der Waals surface area (Å²) >= 11 is 1.67. The van der Waals surface area contributed by atoms with Crippen molar-refractivity contribution in [2.24, 2.45) is 0 Å². The average Bonchev–Trinajstić information content (AvgIpc) is 3.10. The number of esters is 1. The van der Waals surface area contributed by atoms with Crippen molar-refractivity contribution >= 4 is 23.7 Å². The number of anilines is 1. The Hall–Kier alpha value is -2.28. The van der Waals surface area contributed by atoms with Crippen LogP contribution in [0.15, 0.2) is 40.7 Å². The van der Waals surface area contributed by atoms with Gasteiger partial charge in [-0.2, -0.15) is 4.98 Å². The third-order valence-electron chi connectivity index (χ3n) is 4.95. The van der Waals surface area contributed by atoms with Crippen molar-refractivity contribution in [3.05, 3.63) is 46.7 Å². The minimum absolute atomic E-state index is 0.321. The first-order chi connectivity index (χ1) is 14.0. The zero-order chi connectivity index (χ0) is 20.8. The molecule has 7 heteroatoms. The number of benzene rings is 1. The second kappa shape index (κ2) is 9.96. The third kappa shape index (κ3) is 5.01. The van der Waals surface area contributed by atoms with Crippen molar-refractivity contribution in [1.82, 2.24) is 14.8 Å². The molecule has 1 atom stereocenters. The lowest BCUT2D eigenvalue weighted by molar-refractivity contribution is -0.139. The summed E-state index contributed by atoms with van der Waals surface area (Å²) in [7, 11) is 0. The molecule has 6 nitrogen and oxygen atoms in total. The third-order valence-corrected chi connectivity index (χ3v) is 5.87. The lowest BCUT2D eigenvalue weighted by Gasteiger charge is -2.28. The first-order valence-corrected chi connectivity index (χ1v) is 11.3. The van der Waals surface area contributed by atoms with Gasteiger partial charge >= 0.3 is 5.97 Å². The fourth-order valence-corrected chi connectivity index (χ4v) is 4.24. The molecule has 29 heavy (non-hydrogen) atoms. The van der Waals surface area contributed by atoms with E-state index in [-0.39, 0.29) is 12.0 Å². The zero-order valence-electron chi connectivity index (χ0n) is 17.7. The lowest BCUT2D eigenvalue weighted by Crippen LogP contribution is -2.29. The number of hydrogen-bond acceptors (Lipinski definition) is 6. The van der Waals surface area contributed by atoms with Crippen molar-refractivity contribution < 1.29 is 9.53 Å². The molecule has 3 rings (SSSR count). The van der Waals surface area contributed by atoms with Gasteiger partial charge in [-0.05, 0) is 32.8 Å². The Morgan fingerprint density at radius 3 is 2.62 bits per heavy atom. The van der Waals surface area contributed by atoms with Crippen LogP contribution in [0.1, 0.15) is 63.6 Å². The number of allylic oxidation sites excluding steroid dienone is 1. The van der Waals surface area contributed by atoms with Gasteiger partial charge in [-0.15, -0.1) is 5.10 Å². The normalized spacial score (nSPS) is 15.8. The van der Waals surface area contributed by atoms with E-state index >= 15 is 0 Å². The lowest BCUT2D eigenvalue weighted by atomic mass is 9.95. The minimum atomic E-state index is -0.354. The summed E-state index contributed by atoms with van der Waals surface area (Å²) in [5.41, 5.74) is 3.49. The Bertz CT molecular complexity index is 873. The second-order valence-electron chi connectivity index (χ2n) is 7.27. The number of nitrogens with one attached hydrogen (secondary N) is 1. The highest BCUT2D eigenvalue weighted by atomic mass is 32.2. The quantitative estimate of drug-likeness (QED) is 0.349. The molecule has 0 aliphatic carbocycles. The Balaban J connectivity index is 1.91. The standard InChI is InChI=1S/C22H30N4O2S/c1-5-7-8-9-14-29-22-24-21-23-16(4)18(20(27)28-6-2)19(26(21)25-22)17-12-10-15(3)11-13-17/h10-13,19H,5-9,14H2,1-4H3,(H,23,24,25). The van der Waals surface area contributed by atoms with Crippen LogP contribution in [-0.4, -0.2) is 33.1 Å². The highest BCUT2D eigenvalue weighted by Gasteiger charge is 2.35. The summed E-state index contributed by atoms with van der Waals surface area (Å²) in [6, 6.07) is 7.83. The summed E-state index contributed by atoms with van der Waals surface area (Å²) in [5, 5.41) is 8.72. The molecule has 0 saturated carbocycles. The van der Waals surface area contributed by atoms with E-state index in [1.807, 2.05) is 37.6 Å². The Morgan fingerprint density at radius 2 is 1.93 bits per heavy atom. The molecule has 1 unspecified atom stereocenters. The molecule has 0 amide bonds. The van der Waals surface area contributed by atoms with Crippen molar-refractivity contribution in [3.63, 3.8) is 0 Å². The molecule has 0 radical (unpaired) electrons. The average molecular weight is 415 g/mol. The number of aryl methyl sites for hydroxylation is 1. The number of nitrogens with zero attached hydrogens (tertiary/aromatic N) is 3. The second-order valence-corrected chi connectivity index (χ2v) is 8.33. The van der Waals surface area contributed by atoms with Crippen molar-refractivity contribution in [1.29, 1.82) is 0 Å². The molecule has 1 aliphatic heterocycles. The summed E-state index contributed by atoms with van der Waals surface area (Å²) in [5.74, 6) is 1.34. The van der Waals surface area contributed by atoms with Crippen LogP contribution in [0.25, 0.3) is 0 Å². The van der Waals surface area contributed by atoms with E-state index in [2.05, 4.69) is 29.4 Å². The number of carbonyl (C=O) groups excluding carboxylic acids is 1. The van der Waals surface area contributed by atoms with Gasteiger partial charge in [0.2, 0.25) is 11.1 Å². The fourth-order valence-electron chi connectivity index (χ4n) is 3.41. The van der Waals surface area contributed by atoms with Gasteiger partial charge in [0, 0.05) is 11.4 Å². The molecule has 156 valence electrons. The molecule has 0 saturated heterocycles. The van der Waals surface area contributed by atoms with Crippen LogP contribution in [0.2, 0.25) is 0 Å². The summed E-state index contributed by atoms with van der Waals surface area (Å²) in [4.78, 5) is 17.4. The molecular weight excluding hydrogens is 384 g/mol. The summed E-state index contributed by atoms with van der Waals surface area (Å²) < 4.78 is 7.17. The zero-order valence-corrected chi connectivity index (χ0v) is 18.5. The highest BCUT2D eigenvalue weighted by molar-refractivity contribution is 7.99. The van der Waals surface area contributed by atoms with E-state index in [0.29, 0.717) is 18.1 Å². The van der Waals surface area contributed by atoms with Gasteiger partial charge in [0.1, 0.15) is 6.04 Å². The van der Waals surface area contributed by atoms with E-state index in [1.54, 1.807) is 11.8 Å². The van der Waals surface area contributed by atoms with Gasteiger partial charge in [0.25, 0.3) is 0 Å². The number of fused-ring (bicyclic) bond motifs is 1. The predicted octanol–water partition coefficient (Wildman–Crippen LogP) is 5.11. The number of thioether (sulfide) groups is 1. The van der Waals surface area contributed by atoms with Gasteiger partial charge in [-0.3, -0.25) is 0 Å². The van der Waals surface area contributed by atoms with E-state index in [9.17, 15) is 4.79 Å². The summed E-state index contributed by atoms with van der Waals surface area (Å²) in [6.07, 6.45) is 4.87. The Kier molecular flexibility index (Phi) is 7.36. The molecule has 1 aliphatic rings. The monoisotopic (exact) mass is 414 g/mol. The molecule has 2 heterocycles. The molecule has 0 spiro atoms. The minimum Gasteiger partial charge on any atom is -0.463 e. The Morgan fingerprint density at radius 1 is 1.17 bits per heavy atom. The van der Waals surface area contributed by atoms with Gasteiger partial charge in [0.15, 0.2) is 0 Å². The molecule has 1 aromatic heterocycles. The fraction of sp³-hybridized carbons (Fsp3) is 0.500. The van der Waals surface area contributed by atoms with Crippen molar-refractivity contribution in [2.75, 3.05) is 17.7 Å². The van der Waals surface area contributed by atoms with Crippen LogP contribution >= 0.6 is 11.8 Å². The number of carbonyl (C=O) groups is 1. The summed E-state index contributed by atoms with van der Waals surface area (Å²) in [6.45, 7) is 8.31. The molecule has 1 N–H and O–H groups in total. The number of aromatic nitrogens is 3. The first kappa shape index (κ1) is 21.4. The van der Waals surface area contributed by atoms with Gasteiger partial charge in [-0.25, -0.2) is 9.48 Å². The van der Waals surface area contributed by atoms with Crippen LogP contribution in [0.5, 0.6) is 0 Å². The van der Waals surface area contributed by atoms with Crippen LogP contribution < -0.4 is 5.32 Å². The van der Waals surface area contributed by atoms with Crippen molar-refractivity contribution in [2.45, 2.75) is 64.6 Å². The van der Waals surface area contributed by atoms with Crippen LogP contribution in [0, 0.1) is 6.92 Å². The molecular formula is C22H30N4O2S. The molecule has 2 aromatic rings. The number of ether oxygens (including phenoxy) is 1. The van der Waals surface area contributed by atoms with Crippen LogP contribution in [0.4, 0.5) is 5.95 Å². The maximum atomic E-state index is 12.8. The maximum absolute atomic E-state index is 12.8. The Labute approximate surface area is 177 Å². The van der Waals surface area contributed by atoms with E-state index in [0.717, 1.165) is 28.6 Å². The van der Waals surface area contributed by atoms with E-state index < -0.39 is 0 Å². The predicted molar refractivity (Wildman–Crippen MR) is 117 cm³/mol. The number of hydrogen-bond donors (Lipinski definition) is 1. The van der Waals surface area contributed by atoms with Crippen LogP contribution in [0.3, 0.4) is 0 Å². The van der Waals surface area contributed by atoms with Crippen LogP contribution in [-0.2, 0) is 9.53 Å². The largest absolute Gasteiger partial charge is 0.463 e. The van der Waals surface area contributed by atoms with E-state index in [4.69, 9.17) is 9.84 Å². The number of unbranched alkanes of at least 4 members (excludes halogenated alkanes) is 3. The van der Waals surface area contributed by atoms with E-state index in [1.165, 1.54) is 24.8 Å². The number of rotatable bonds is 9. The molecule has 1 aromatic carbocycles. The maximum Gasteiger partial charge on any atom is 0.338 e. The smallest absolute Gasteiger partial charge is 0.338 e. The molecule has 0 bridgehead atoms. The van der Waals surface area contributed by atoms with Gasteiger partial charge in [-0.1, -0.05) is 67.8 Å². The SMILES string of the molecule is CCCCCCSc1nc2n(n1)C(c1ccc(C)cc1)C(C(=O)OCC)=C(C)N2. The van der Waals surface area contributed by atoms with Gasteiger partial charge < -0.3 is 10.1 Å². The highest BCUT2D eigenvalue weighted by Crippen LogP contribution is 2.36. The first-order valence-electron chi connectivity index (χ1n) is 10.4. The van der Waals surface area contributed by atoms with Gasteiger partial charge in [0.05, 0.1) is 12.2 Å². The van der Waals surface area contributed by atoms with Crippen molar-refractivity contribution in [3.8, 4) is 0 Å². The molecule has 0 fully saturated rings.